The van der Waals surface area contributed by atoms with Gasteiger partial charge in [0.25, 0.3) is 0 Å². The first-order valence-electron chi connectivity index (χ1n) is 11.4. The van der Waals surface area contributed by atoms with Crippen molar-refractivity contribution in [2.24, 2.45) is 10.2 Å². The predicted molar refractivity (Wildman–Crippen MR) is 127 cm³/mol. The van der Waals surface area contributed by atoms with Crippen LogP contribution < -0.4 is 4.90 Å². The topological polar surface area (TPSA) is 69.6 Å². The number of aryl methyl sites for hydroxylation is 1. The summed E-state index contributed by atoms with van der Waals surface area (Å²) in [5.74, 6) is 1.01. The van der Waals surface area contributed by atoms with Gasteiger partial charge in [-0.05, 0) is 63.3 Å². The molecule has 1 aromatic carbocycles. The highest BCUT2D eigenvalue weighted by molar-refractivity contribution is 5.64. The van der Waals surface area contributed by atoms with Crippen LogP contribution >= 0.6 is 0 Å². The first kappa shape index (κ1) is 23.0. The fraction of sp³-hybridized carbons (Fsp3) is 0.600. The molecule has 0 amide bonds. The van der Waals surface area contributed by atoms with Gasteiger partial charge in [0, 0.05) is 29.7 Å². The van der Waals surface area contributed by atoms with Gasteiger partial charge in [0.15, 0.2) is 5.82 Å². The third-order valence-corrected chi connectivity index (χ3v) is 6.13. The van der Waals surface area contributed by atoms with Crippen molar-refractivity contribution in [1.29, 1.82) is 5.26 Å². The van der Waals surface area contributed by atoms with Crippen molar-refractivity contribution in [3.05, 3.63) is 35.0 Å². The summed E-state index contributed by atoms with van der Waals surface area (Å²) in [5.41, 5.74) is 4.62. The van der Waals surface area contributed by atoms with Gasteiger partial charge in [-0.2, -0.15) is 10.4 Å². The van der Waals surface area contributed by atoms with Crippen LogP contribution in [-0.2, 0) is 12.0 Å². The zero-order valence-electron chi connectivity index (χ0n) is 20.3. The molecule has 3 rings (SSSR count). The summed E-state index contributed by atoms with van der Waals surface area (Å²) < 4.78 is 1.82. The average molecular weight is 421 g/mol. The van der Waals surface area contributed by atoms with Crippen LogP contribution in [0.15, 0.2) is 28.4 Å². The van der Waals surface area contributed by atoms with E-state index in [9.17, 15) is 5.26 Å². The second-order valence-corrected chi connectivity index (χ2v) is 10.2. The molecule has 1 aromatic heterocycles. The number of hydrogen-bond acceptors (Lipinski definition) is 5. The molecule has 2 aromatic rings. The molecule has 1 aliphatic rings. The second-order valence-electron chi connectivity index (χ2n) is 10.2. The summed E-state index contributed by atoms with van der Waals surface area (Å²) in [6.07, 6.45) is 2.02. The van der Waals surface area contributed by atoms with E-state index in [4.69, 9.17) is 5.10 Å². The Morgan fingerprint density at radius 1 is 1.23 bits per heavy atom. The smallest absolute Gasteiger partial charge is 0.191 e. The summed E-state index contributed by atoms with van der Waals surface area (Å²) in [6.45, 7) is 19.1. The molecule has 2 heterocycles. The molecule has 1 atom stereocenters. The average Bonchev–Trinajstić information content (AvgIpc) is 3.04. The van der Waals surface area contributed by atoms with Crippen molar-refractivity contribution in [3.63, 3.8) is 0 Å². The zero-order valence-corrected chi connectivity index (χ0v) is 20.3. The maximum Gasteiger partial charge on any atom is 0.191 e. The van der Waals surface area contributed by atoms with Crippen molar-refractivity contribution in [3.8, 4) is 6.07 Å². The Hall–Kier alpha value is -2.68. The van der Waals surface area contributed by atoms with E-state index in [1.54, 1.807) is 0 Å². The van der Waals surface area contributed by atoms with E-state index in [0.29, 0.717) is 23.8 Å². The first-order chi connectivity index (χ1) is 14.5. The van der Waals surface area contributed by atoms with Gasteiger partial charge in [0.05, 0.1) is 11.4 Å². The molecule has 6 nitrogen and oxygen atoms in total. The highest BCUT2D eigenvalue weighted by atomic mass is 15.4. The quantitative estimate of drug-likeness (QED) is 0.489. The summed E-state index contributed by atoms with van der Waals surface area (Å²) >= 11 is 0. The van der Waals surface area contributed by atoms with Crippen molar-refractivity contribution in [2.45, 2.75) is 91.6 Å². The van der Waals surface area contributed by atoms with E-state index in [1.165, 1.54) is 11.3 Å². The lowest BCUT2D eigenvalue weighted by atomic mass is 9.80. The molecule has 0 saturated carbocycles. The van der Waals surface area contributed by atoms with Gasteiger partial charge in [-0.25, -0.2) is 4.68 Å². The number of rotatable bonds is 5. The minimum Gasteiger partial charge on any atom is -0.366 e. The van der Waals surface area contributed by atoms with Crippen LogP contribution in [0.4, 0.5) is 17.2 Å². The van der Waals surface area contributed by atoms with Crippen molar-refractivity contribution in [2.75, 3.05) is 11.4 Å². The Kier molecular flexibility index (Phi) is 6.27. The van der Waals surface area contributed by atoms with E-state index in [1.807, 2.05) is 10.7 Å². The number of aromatic nitrogens is 2. The number of nitriles is 1. The molecular weight excluding hydrogens is 384 g/mol. The molecule has 1 unspecified atom stereocenters. The molecule has 0 fully saturated rings. The van der Waals surface area contributed by atoms with Crippen LogP contribution in [0.5, 0.6) is 0 Å². The molecule has 0 saturated heterocycles. The third kappa shape index (κ3) is 4.37. The maximum absolute atomic E-state index is 9.83. The van der Waals surface area contributed by atoms with Crippen LogP contribution in [0, 0.1) is 11.3 Å². The van der Waals surface area contributed by atoms with E-state index in [-0.39, 0.29) is 11.0 Å². The van der Waals surface area contributed by atoms with Crippen LogP contribution in [0.3, 0.4) is 0 Å². The Morgan fingerprint density at radius 3 is 2.52 bits per heavy atom. The fourth-order valence-corrected chi connectivity index (χ4v) is 4.79. The molecule has 31 heavy (non-hydrogen) atoms. The molecule has 6 heteroatoms. The van der Waals surface area contributed by atoms with Gasteiger partial charge >= 0.3 is 0 Å². The van der Waals surface area contributed by atoms with Gasteiger partial charge in [0.1, 0.15) is 11.6 Å². The predicted octanol–water partition coefficient (Wildman–Crippen LogP) is 6.99. The molecule has 0 spiro atoms. The van der Waals surface area contributed by atoms with Crippen LogP contribution in [0.25, 0.3) is 0 Å². The number of anilines is 1. The summed E-state index contributed by atoms with van der Waals surface area (Å²) in [6, 6.07) is 8.66. The number of fused-ring (bicyclic) bond motifs is 1. The highest BCUT2D eigenvalue weighted by Crippen LogP contribution is 2.44. The monoisotopic (exact) mass is 420 g/mol. The van der Waals surface area contributed by atoms with Crippen molar-refractivity contribution < 1.29 is 0 Å². The zero-order chi connectivity index (χ0) is 23.0. The molecule has 0 radical (unpaired) electrons. The Balaban J connectivity index is 2.03. The highest BCUT2D eigenvalue weighted by Gasteiger charge is 2.35. The third-order valence-electron chi connectivity index (χ3n) is 6.13. The minimum atomic E-state index is -0.230. The van der Waals surface area contributed by atoms with E-state index in [2.05, 4.69) is 88.7 Å². The summed E-state index contributed by atoms with van der Waals surface area (Å²) in [7, 11) is 0. The molecule has 1 aliphatic heterocycles. The molecule has 0 aliphatic carbocycles. The lowest BCUT2D eigenvalue weighted by molar-refractivity contribution is 0.381. The largest absolute Gasteiger partial charge is 0.366 e. The van der Waals surface area contributed by atoms with Crippen LogP contribution in [0.1, 0.15) is 91.0 Å². The number of hydrogen-bond donors (Lipinski definition) is 0. The lowest BCUT2D eigenvalue weighted by Gasteiger charge is -2.47. The van der Waals surface area contributed by atoms with Crippen molar-refractivity contribution in [1.82, 2.24) is 9.78 Å². The molecule has 0 N–H and O–H groups in total. The van der Waals surface area contributed by atoms with Crippen LogP contribution in [0.2, 0.25) is 0 Å². The van der Waals surface area contributed by atoms with Gasteiger partial charge in [-0.1, -0.05) is 34.6 Å². The standard InChI is InChI=1S/C25H36N6/c1-9-13-31-23(20(16-26)22(29-31)24(4,5)6)28-27-18-11-12-21-19(14-18)17(3)15-25(7,8)30(21)10-2/h11-12,14,17H,9-10,13,15H2,1-8H3. The van der Waals surface area contributed by atoms with E-state index in [0.717, 1.165) is 30.8 Å². The summed E-state index contributed by atoms with van der Waals surface area (Å²) in [4.78, 5) is 2.48. The first-order valence-corrected chi connectivity index (χ1v) is 11.4. The Bertz CT molecular complexity index is 1020. The Morgan fingerprint density at radius 2 is 1.94 bits per heavy atom. The minimum absolute atomic E-state index is 0.141. The van der Waals surface area contributed by atoms with E-state index < -0.39 is 0 Å². The van der Waals surface area contributed by atoms with Gasteiger partial charge in [-0.3, -0.25) is 0 Å². The maximum atomic E-state index is 9.83. The Labute approximate surface area is 187 Å². The summed E-state index contributed by atoms with van der Waals surface area (Å²) in [5, 5.41) is 23.6. The van der Waals surface area contributed by atoms with Gasteiger partial charge < -0.3 is 4.90 Å². The lowest BCUT2D eigenvalue weighted by Crippen LogP contribution is -2.48. The van der Waals surface area contributed by atoms with Crippen molar-refractivity contribution >= 4 is 17.2 Å². The van der Waals surface area contributed by atoms with Gasteiger partial charge in [0.2, 0.25) is 0 Å². The molecule has 166 valence electrons. The number of nitrogens with zero attached hydrogens (tertiary/aromatic N) is 6. The van der Waals surface area contributed by atoms with Crippen LogP contribution in [-0.4, -0.2) is 21.9 Å². The van der Waals surface area contributed by atoms with E-state index >= 15 is 0 Å². The molecular formula is C25H36N6. The molecule has 0 bridgehead atoms. The SMILES string of the molecule is CCCn1nc(C(C)(C)C)c(C#N)c1N=Nc1ccc2c(c1)C(C)CC(C)(C)N2CC. The fourth-order valence-electron chi connectivity index (χ4n) is 4.79. The second kappa shape index (κ2) is 8.45. The number of azo groups is 1. The normalized spacial score (nSPS) is 18.3. The van der Waals surface area contributed by atoms with Gasteiger partial charge in [-0.15, -0.1) is 10.2 Å². The number of benzene rings is 1.